The van der Waals surface area contributed by atoms with Crippen LogP contribution in [-0.4, -0.2) is 18.9 Å². The molecule has 0 aliphatic rings. The maximum atomic E-state index is 14.8. The van der Waals surface area contributed by atoms with Crippen LogP contribution in [0.5, 0.6) is 0 Å². The Kier molecular flexibility index (Phi) is 13.7. The van der Waals surface area contributed by atoms with E-state index in [1.54, 1.807) is 6.07 Å². The molecule has 4 heterocycles. The number of nitrogens with zero attached hydrogens (tertiary/aromatic N) is 4. The van der Waals surface area contributed by atoms with Crippen LogP contribution in [0.25, 0.3) is 88.6 Å². The maximum absolute atomic E-state index is 14.8. The third-order valence-corrected chi connectivity index (χ3v) is 14.4. The zero-order valence-electron chi connectivity index (χ0n) is 44.3. The fraction of sp³-hybridized carbons (Fsp3) is 0.242. The predicted octanol–water partition coefficient (Wildman–Crippen LogP) is 16.2. The van der Waals surface area contributed by atoms with Gasteiger partial charge >= 0.3 is 0 Å². The quantitative estimate of drug-likeness (QED) is 0.0945. The first-order chi connectivity index (χ1) is 34.7. The summed E-state index contributed by atoms with van der Waals surface area (Å²) in [7, 11) is 0. The molecule has 0 bridgehead atoms. The largest absolute Gasteiger partial charge is 0.333 e. The number of hydrogen-bond acceptors (Lipinski definition) is 4. The van der Waals surface area contributed by atoms with Crippen LogP contribution in [0.15, 0.2) is 149 Å². The summed E-state index contributed by atoms with van der Waals surface area (Å²) in [6.45, 7) is 26.1. The van der Waals surface area contributed by atoms with Gasteiger partial charge in [-0.2, -0.15) is 0 Å². The molecule has 4 aromatic heterocycles. The fourth-order valence-corrected chi connectivity index (χ4v) is 10.1. The molecule has 0 unspecified atom stereocenters. The SMILES string of the molecule is CC(C)c1cccc(C(C)C)c1-n1c(-c2[c-]cccc2)nc2ccc(-c3cc4c(=O)c5ccc(C(C)(C)C)cc5n5c6cc(C(C)(C)C)ccc6c(=O)c(c3)c45)cc21.Cc1cnc(-c2[c-]cc(F)cc2)cc1C.[Ir]. The Balaban J connectivity index is 0.000000360. The number of fused-ring (bicyclic) bond motifs is 5. The van der Waals surface area contributed by atoms with E-state index in [4.69, 9.17) is 4.98 Å². The zero-order valence-corrected chi connectivity index (χ0v) is 46.6. The van der Waals surface area contributed by atoms with E-state index in [1.807, 2.05) is 68.6 Å². The molecule has 11 aromatic rings. The van der Waals surface area contributed by atoms with Crippen molar-refractivity contribution in [1.29, 1.82) is 0 Å². The maximum Gasteiger partial charge on any atom is 0.197 e. The Morgan fingerprint density at radius 1 is 0.581 bits per heavy atom. The second-order valence-electron chi connectivity index (χ2n) is 22.3. The van der Waals surface area contributed by atoms with Gasteiger partial charge in [-0.1, -0.05) is 117 Å². The van der Waals surface area contributed by atoms with Gasteiger partial charge in [-0.3, -0.25) is 19.0 Å². The zero-order chi connectivity index (χ0) is 51.8. The first-order valence-corrected chi connectivity index (χ1v) is 25.3. The van der Waals surface area contributed by atoms with Crippen molar-refractivity contribution in [2.45, 2.75) is 106 Å². The Morgan fingerprint density at radius 2 is 1.19 bits per heavy atom. The van der Waals surface area contributed by atoms with Gasteiger partial charge in [0.05, 0.1) is 33.4 Å². The summed E-state index contributed by atoms with van der Waals surface area (Å²) < 4.78 is 17.2. The van der Waals surface area contributed by atoms with Gasteiger partial charge in [0.15, 0.2) is 10.9 Å². The summed E-state index contributed by atoms with van der Waals surface area (Å²) in [6, 6.07) is 50.0. The molecule has 1 radical (unpaired) electrons. The molecule has 0 amide bonds. The summed E-state index contributed by atoms with van der Waals surface area (Å²) in [4.78, 5) is 39.1. The van der Waals surface area contributed by atoms with E-state index < -0.39 is 0 Å². The molecule has 0 saturated heterocycles. The molecular weight excluding hydrogens is 1090 g/mol. The van der Waals surface area contributed by atoms with Crippen molar-refractivity contribution in [2.24, 2.45) is 0 Å². The monoisotopic (exact) mass is 1150 g/mol. The van der Waals surface area contributed by atoms with E-state index in [9.17, 15) is 14.0 Å². The smallest absolute Gasteiger partial charge is 0.197 e. The van der Waals surface area contributed by atoms with Gasteiger partial charge in [-0.25, -0.2) is 0 Å². The molecule has 74 heavy (non-hydrogen) atoms. The van der Waals surface area contributed by atoms with E-state index in [2.05, 4.69) is 162 Å². The molecule has 0 spiro atoms. The first-order valence-electron chi connectivity index (χ1n) is 25.3. The molecule has 6 nitrogen and oxygen atoms in total. The Bertz CT molecular complexity index is 3920. The van der Waals surface area contributed by atoms with Crippen molar-refractivity contribution in [3.8, 4) is 39.5 Å². The molecule has 0 fully saturated rings. The molecule has 0 saturated carbocycles. The van der Waals surface area contributed by atoms with Crippen LogP contribution >= 0.6 is 0 Å². The molecule has 0 N–H and O–H groups in total. The summed E-state index contributed by atoms with van der Waals surface area (Å²) in [5, 5.41) is 2.33. The van der Waals surface area contributed by atoms with Crippen LogP contribution < -0.4 is 10.9 Å². The van der Waals surface area contributed by atoms with Crippen LogP contribution in [0.3, 0.4) is 0 Å². The number of aromatic nitrogens is 4. The Morgan fingerprint density at radius 3 is 1.70 bits per heavy atom. The van der Waals surface area contributed by atoms with Crippen molar-refractivity contribution >= 4 is 49.1 Å². The summed E-state index contributed by atoms with van der Waals surface area (Å²) in [6.07, 6.45) is 1.82. The first kappa shape index (κ1) is 51.8. The molecular formula is C66H61FIrN4O2-2. The van der Waals surface area contributed by atoms with Crippen molar-refractivity contribution in [3.63, 3.8) is 0 Å². The standard InChI is InChI=1S/C53H50N3O2.C13H11FN.Ir/c1-30(2)37-17-14-18-38(31(3)4)47(37)56-46-27-33(19-24-43(46)54-51(56)32-15-12-11-13-16-32)34-25-41-48-42(26-34)50(58)40-23-21-36(53(8,9)10)29-45(40)55(48)44-28-35(52(5,6)7)20-22-39(44)49(41)57;1-9-7-13(15-8-10(9)2)11-3-5-12(14)6-4-11;/h11-15,17-31H,1-10H3;3,5-8H,1-2H3;/q2*-1;. The number of hydrogen-bond donors (Lipinski definition) is 0. The Labute approximate surface area is 446 Å². The number of imidazole rings is 1. The van der Waals surface area contributed by atoms with Crippen LogP contribution in [0.1, 0.15) is 114 Å². The van der Waals surface area contributed by atoms with Crippen LogP contribution in [0, 0.1) is 31.8 Å². The van der Waals surface area contributed by atoms with Crippen LogP contribution in [0.4, 0.5) is 4.39 Å². The van der Waals surface area contributed by atoms with E-state index in [-0.39, 0.29) is 59.4 Å². The van der Waals surface area contributed by atoms with Crippen LogP contribution in [0.2, 0.25) is 0 Å². The van der Waals surface area contributed by atoms with Gasteiger partial charge in [0.1, 0.15) is 0 Å². The van der Waals surface area contributed by atoms with E-state index in [0.29, 0.717) is 27.1 Å². The molecule has 0 aliphatic heterocycles. The third kappa shape index (κ3) is 9.28. The minimum absolute atomic E-state index is 0. The van der Waals surface area contributed by atoms with Crippen LogP contribution in [-0.2, 0) is 30.9 Å². The number of pyridine rings is 3. The average molecular weight is 1150 g/mol. The molecule has 0 atom stereocenters. The van der Waals surface area contributed by atoms with Crippen molar-refractivity contribution in [2.75, 3.05) is 0 Å². The minimum atomic E-state index is -0.275. The third-order valence-electron chi connectivity index (χ3n) is 14.4. The van der Waals surface area contributed by atoms with Gasteiger partial charge < -0.3 is 14.0 Å². The number of aryl methyl sites for hydroxylation is 2. The van der Waals surface area contributed by atoms with E-state index in [0.717, 1.165) is 78.2 Å². The average Bonchev–Trinajstić information content (AvgIpc) is 3.75. The number of rotatable bonds is 6. The summed E-state index contributed by atoms with van der Waals surface area (Å²) >= 11 is 0. The molecule has 375 valence electrons. The normalized spacial score (nSPS) is 12.1. The molecule has 0 aliphatic carbocycles. The number of para-hydroxylation sites is 1. The van der Waals surface area contributed by atoms with E-state index >= 15 is 0 Å². The van der Waals surface area contributed by atoms with E-state index in [1.165, 1.54) is 28.8 Å². The molecule has 7 aromatic carbocycles. The van der Waals surface area contributed by atoms with Gasteiger partial charge in [0.2, 0.25) is 0 Å². The number of halogens is 1. The topological polar surface area (TPSA) is 69.3 Å². The van der Waals surface area contributed by atoms with Gasteiger partial charge in [-0.15, -0.1) is 65.7 Å². The second-order valence-corrected chi connectivity index (χ2v) is 22.3. The van der Waals surface area contributed by atoms with Crippen molar-refractivity contribution in [3.05, 3.63) is 211 Å². The minimum Gasteiger partial charge on any atom is -0.333 e. The fourth-order valence-electron chi connectivity index (χ4n) is 10.1. The molecule has 8 heteroatoms. The number of benzene rings is 7. The van der Waals surface area contributed by atoms with Crippen molar-refractivity contribution < 1.29 is 24.5 Å². The van der Waals surface area contributed by atoms with Gasteiger partial charge in [0, 0.05) is 59.4 Å². The second kappa shape index (κ2) is 19.6. The Hall–Kier alpha value is -7.12. The van der Waals surface area contributed by atoms with Crippen molar-refractivity contribution in [1.82, 2.24) is 18.9 Å². The summed E-state index contributed by atoms with van der Waals surface area (Å²) in [5.74, 6) is 1.07. The van der Waals surface area contributed by atoms with Gasteiger partial charge in [-0.05, 0) is 130 Å². The summed E-state index contributed by atoms with van der Waals surface area (Å²) in [5.41, 5.74) is 16.2. The molecule has 11 rings (SSSR count). The predicted molar refractivity (Wildman–Crippen MR) is 301 cm³/mol. The van der Waals surface area contributed by atoms with Gasteiger partial charge in [0.25, 0.3) is 0 Å².